The lowest BCUT2D eigenvalue weighted by molar-refractivity contribution is -0.120. The molecule has 0 heterocycles. The predicted octanol–water partition coefficient (Wildman–Crippen LogP) is 1.00. The van der Waals surface area contributed by atoms with Crippen molar-refractivity contribution in [1.29, 1.82) is 0 Å². The maximum absolute atomic E-state index is 11.6. The van der Waals surface area contributed by atoms with Gasteiger partial charge in [0.15, 0.2) is 0 Å². The van der Waals surface area contributed by atoms with Gasteiger partial charge in [-0.1, -0.05) is 12.1 Å². The number of likely N-dealkylation sites (N-methyl/N-ethyl adjacent to an activating group) is 1. The van der Waals surface area contributed by atoms with Crippen LogP contribution in [-0.4, -0.2) is 42.6 Å². The van der Waals surface area contributed by atoms with Crippen molar-refractivity contribution < 1.29 is 9.90 Å². The molecule has 1 unspecified atom stereocenters. The quantitative estimate of drug-likeness (QED) is 0.802. The average Bonchev–Trinajstić information content (AvgIpc) is 2.25. The summed E-state index contributed by atoms with van der Waals surface area (Å²) in [4.78, 5) is 13.7. The SMILES string of the molecule is CC(CNC(=O)Cc1cccc(O)c1)N(C)C. The number of phenols is 1. The van der Waals surface area contributed by atoms with E-state index >= 15 is 0 Å². The molecule has 1 aromatic rings. The average molecular weight is 236 g/mol. The Bertz CT molecular complexity index is 377. The number of carbonyl (C=O) groups excluding carboxylic acids is 1. The molecule has 4 heteroatoms. The number of carbonyl (C=O) groups is 1. The van der Waals surface area contributed by atoms with Gasteiger partial charge >= 0.3 is 0 Å². The smallest absolute Gasteiger partial charge is 0.224 e. The molecule has 0 radical (unpaired) electrons. The molecule has 0 saturated carbocycles. The Morgan fingerprint density at radius 3 is 2.76 bits per heavy atom. The molecular weight excluding hydrogens is 216 g/mol. The van der Waals surface area contributed by atoms with Crippen molar-refractivity contribution in [3.05, 3.63) is 29.8 Å². The van der Waals surface area contributed by atoms with E-state index in [2.05, 4.69) is 17.1 Å². The molecule has 0 aliphatic rings. The first-order valence-corrected chi connectivity index (χ1v) is 5.70. The highest BCUT2D eigenvalue weighted by Gasteiger charge is 2.07. The fourth-order valence-electron chi connectivity index (χ4n) is 1.36. The summed E-state index contributed by atoms with van der Waals surface area (Å²) in [6, 6.07) is 7.07. The molecule has 1 rings (SSSR count). The van der Waals surface area contributed by atoms with Gasteiger partial charge in [-0.2, -0.15) is 0 Å². The summed E-state index contributed by atoms with van der Waals surface area (Å²) in [6.45, 7) is 2.68. The highest BCUT2D eigenvalue weighted by molar-refractivity contribution is 5.78. The summed E-state index contributed by atoms with van der Waals surface area (Å²) in [5, 5.41) is 12.1. The summed E-state index contributed by atoms with van der Waals surface area (Å²) in [5.74, 6) is 0.168. The van der Waals surface area contributed by atoms with Gasteiger partial charge in [-0.05, 0) is 38.7 Å². The van der Waals surface area contributed by atoms with E-state index in [9.17, 15) is 9.90 Å². The van der Waals surface area contributed by atoms with Crippen LogP contribution in [0.2, 0.25) is 0 Å². The van der Waals surface area contributed by atoms with E-state index in [0.29, 0.717) is 19.0 Å². The van der Waals surface area contributed by atoms with Crippen molar-refractivity contribution in [3.8, 4) is 5.75 Å². The first kappa shape index (κ1) is 13.5. The second kappa shape index (κ2) is 6.25. The summed E-state index contributed by atoms with van der Waals surface area (Å²) in [6.07, 6.45) is 0.300. The standard InChI is InChI=1S/C13H20N2O2/c1-10(15(2)3)9-14-13(17)8-11-5-4-6-12(16)7-11/h4-7,10,16H,8-9H2,1-3H3,(H,14,17). The van der Waals surface area contributed by atoms with E-state index in [0.717, 1.165) is 5.56 Å². The minimum Gasteiger partial charge on any atom is -0.508 e. The van der Waals surface area contributed by atoms with Crippen molar-refractivity contribution in [2.45, 2.75) is 19.4 Å². The van der Waals surface area contributed by atoms with Crippen LogP contribution in [0.3, 0.4) is 0 Å². The molecule has 0 bridgehead atoms. The van der Waals surface area contributed by atoms with Crippen LogP contribution in [0, 0.1) is 0 Å². The van der Waals surface area contributed by atoms with Crippen molar-refractivity contribution >= 4 is 5.91 Å². The van der Waals surface area contributed by atoms with Crippen LogP contribution in [0.25, 0.3) is 0 Å². The molecule has 1 amide bonds. The van der Waals surface area contributed by atoms with Gasteiger partial charge in [0.05, 0.1) is 6.42 Å². The van der Waals surface area contributed by atoms with Gasteiger partial charge in [-0.15, -0.1) is 0 Å². The molecule has 94 valence electrons. The van der Waals surface area contributed by atoms with Gasteiger partial charge in [-0.25, -0.2) is 0 Å². The van der Waals surface area contributed by atoms with Crippen LogP contribution in [0.1, 0.15) is 12.5 Å². The molecule has 0 aromatic heterocycles. The molecule has 4 nitrogen and oxygen atoms in total. The van der Waals surface area contributed by atoms with E-state index in [1.54, 1.807) is 18.2 Å². The zero-order valence-electron chi connectivity index (χ0n) is 10.6. The van der Waals surface area contributed by atoms with Gasteiger partial charge in [-0.3, -0.25) is 4.79 Å². The number of nitrogens with zero attached hydrogens (tertiary/aromatic N) is 1. The van der Waals surface area contributed by atoms with Crippen LogP contribution in [0.15, 0.2) is 24.3 Å². The lowest BCUT2D eigenvalue weighted by Gasteiger charge is -2.19. The van der Waals surface area contributed by atoms with Crippen molar-refractivity contribution in [3.63, 3.8) is 0 Å². The summed E-state index contributed by atoms with van der Waals surface area (Å²) < 4.78 is 0. The molecule has 0 fully saturated rings. The number of phenolic OH excluding ortho intramolecular Hbond substituents is 1. The fourth-order valence-corrected chi connectivity index (χ4v) is 1.36. The zero-order chi connectivity index (χ0) is 12.8. The Labute approximate surface area is 102 Å². The third-order valence-corrected chi connectivity index (χ3v) is 2.75. The maximum atomic E-state index is 11.6. The summed E-state index contributed by atoms with van der Waals surface area (Å²) in [7, 11) is 3.96. The zero-order valence-corrected chi connectivity index (χ0v) is 10.6. The van der Waals surface area contributed by atoms with E-state index < -0.39 is 0 Å². The van der Waals surface area contributed by atoms with E-state index in [1.165, 1.54) is 0 Å². The van der Waals surface area contributed by atoms with Crippen LogP contribution in [0.5, 0.6) is 5.75 Å². The first-order valence-electron chi connectivity index (χ1n) is 5.70. The second-order valence-corrected chi connectivity index (χ2v) is 4.46. The van der Waals surface area contributed by atoms with Crippen molar-refractivity contribution in [2.24, 2.45) is 0 Å². The van der Waals surface area contributed by atoms with E-state index in [-0.39, 0.29) is 11.7 Å². The topological polar surface area (TPSA) is 52.6 Å². The number of hydrogen-bond acceptors (Lipinski definition) is 3. The highest BCUT2D eigenvalue weighted by Crippen LogP contribution is 2.11. The lowest BCUT2D eigenvalue weighted by Crippen LogP contribution is -2.38. The minimum atomic E-state index is -0.0238. The van der Waals surface area contributed by atoms with E-state index in [4.69, 9.17) is 0 Å². The molecule has 2 N–H and O–H groups in total. The molecule has 0 spiro atoms. The summed E-state index contributed by atoms with van der Waals surface area (Å²) in [5.41, 5.74) is 0.819. The van der Waals surface area contributed by atoms with Crippen LogP contribution >= 0.6 is 0 Å². The molecule has 1 atom stereocenters. The molecular formula is C13H20N2O2. The van der Waals surface area contributed by atoms with Gasteiger partial charge in [0, 0.05) is 12.6 Å². The number of amides is 1. The Hall–Kier alpha value is -1.55. The Kier molecular flexibility index (Phi) is 4.97. The first-order chi connectivity index (χ1) is 7.99. The third-order valence-electron chi connectivity index (χ3n) is 2.75. The summed E-state index contributed by atoms with van der Waals surface area (Å²) >= 11 is 0. The molecule has 0 aliphatic carbocycles. The lowest BCUT2D eigenvalue weighted by atomic mass is 10.1. The molecule has 0 saturated heterocycles. The number of rotatable bonds is 5. The largest absolute Gasteiger partial charge is 0.508 e. The Morgan fingerprint density at radius 1 is 1.47 bits per heavy atom. The van der Waals surface area contributed by atoms with Crippen LogP contribution in [-0.2, 0) is 11.2 Å². The van der Waals surface area contributed by atoms with Crippen molar-refractivity contribution in [1.82, 2.24) is 10.2 Å². The van der Waals surface area contributed by atoms with Crippen molar-refractivity contribution in [2.75, 3.05) is 20.6 Å². The van der Waals surface area contributed by atoms with E-state index in [1.807, 2.05) is 20.2 Å². The Morgan fingerprint density at radius 2 is 2.18 bits per heavy atom. The maximum Gasteiger partial charge on any atom is 0.224 e. The fraction of sp³-hybridized carbons (Fsp3) is 0.462. The van der Waals surface area contributed by atoms with Gasteiger partial charge in [0.1, 0.15) is 5.75 Å². The number of benzene rings is 1. The number of hydrogen-bond donors (Lipinski definition) is 2. The monoisotopic (exact) mass is 236 g/mol. The minimum absolute atomic E-state index is 0.0238. The Balaban J connectivity index is 2.40. The van der Waals surface area contributed by atoms with Crippen LogP contribution < -0.4 is 5.32 Å². The third kappa shape index (κ3) is 4.87. The second-order valence-electron chi connectivity index (χ2n) is 4.46. The van der Waals surface area contributed by atoms with Gasteiger partial charge < -0.3 is 15.3 Å². The van der Waals surface area contributed by atoms with Gasteiger partial charge in [0.2, 0.25) is 5.91 Å². The highest BCUT2D eigenvalue weighted by atomic mass is 16.3. The molecule has 1 aromatic carbocycles. The number of nitrogens with one attached hydrogen (secondary N) is 1. The molecule has 0 aliphatic heterocycles. The predicted molar refractivity (Wildman–Crippen MR) is 68.0 cm³/mol. The molecule has 17 heavy (non-hydrogen) atoms. The number of aromatic hydroxyl groups is 1. The normalized spacial score (nSPS) is 12.5. The van der Waals surface area contributed by atoms with Crippen LogP contribution in [0.4, 0.5) is 0 Å². The van der Waals surface area contributed by atoms with Gasteiger partial charge in [0.25, 0.3) is 0 Å².